The van der Waals surface area contributed by atoms with E-state index in [-0.39, 0.29) is 31.6 Å². The van der Waals surface area contributed by atoms with Crippen molar-refractivity contribution in [3.63, 3.8) is 0 Å². The maximum Gasteiger partial charge on any atom is 0.306 e. The number of esters is 2. The molecular weight excluding hydrogens is 568 g/mol. The molecule has 1 N–H and O–H groups in total. The van der Waals surface area contributed by atoms with Gasteiger partial charge in [0.1, 0.15) is 13.2 Å². The number of aliphatic carboxylic acids is 1. The summed E-state index contributed by atoms with van der Waals surface area (Å²) in [5.41, 5.74) is 0. The third-order valence-electron chi connectivity index (χ3n) is 5.95. The third-order valence-corrected chi connectivity index (χ3v) is 8.09. The molecule has 41 heavy (non-hydrogen) atoms. The summed E-state index contributed by atoms with van der Waals surface area (Å²) in [7, 11) is 0. The van der Waals surface area contributed by atoms with E-state index in [0.29, 0.717) is 64.7 Å². The van der Waals surface area contributed by atoms with Gasteiger partial charge < -0.3 is 28.8 Å². The summed E-state index contributed by atoms with van der Waals surface area (Å²) in [5.74, 6) is 2.02. The molecule has 0 aliphatic heterocycles. The number of rotatable bonds is 33. The van der Waals surface area contributed by atoms with E-state index >= 15 is 0 Å². The molecule has 0 rings (SSSR count). The monoisotopic (exact) mass is 624 g/mol. The molecule has 0 atom stereocenters. The molecule has 0 aliphatic rings. The fourth-order valence-electron chi connectivity index (χ4n) is 3.65. The third kappa shape index (κ3) is 35.1. The molecule has 0 heterocycles. The van der Waals surface area contributed by atoms with Crippen LogP contribution in [-0.4, -0.2) is 98.9 Å². The van der Waals surface area contributed by atoms with Gasteiger partial charge in [-0.15, -0.1) is 0 Å². The molecule has 0 saturated carbocycles. The molecule has 9 nitrogen and oxygen atoms in total. The smallest absolute Gasteiger partial charge is 0.306 e. The van der Waals surface area contributed by atoms with E-state index in [1.807, 2.05) is 11.8 Å². The SMILES string of the molecule is CCCCCCCCCCCCSCCC(=O)OCCOCCOCCOCCOC(=O)CCSCCCC(=O)O. The lowest BCUT2D eigenvalue weighted by Crippen LogP contribution is -2.15. The van der Waals surface area contributed by atoms with Crippen molar-refractivity contribution in [3.05, 3.63) is 0 Å². The quantitative estimate of drug-likeness (QED) is 0.0669. The van der Waals surface area contributed by atoms with Gasteiger partial charge in [0.2, 0.25) is 0 Å². The van der Waals surface area contributed by atoms with Crippen LogP contribution in [-0.2, 0) is 38.1 Å². The Kier molecular flexibility index (Phi) is 32.7. The van der Waals surface area contributed by atoms with Crippen LogP contribution in [0.2, 0.25) is 0 Å². The Hall–Kier alpha value is -1.01. The lowest BCUT2D eigenvalue weighted by Gasteiger charge is -2.08. The summed E-state index contributed by atoms with van der Waals surface area (Å²) in [6.45, 7) is 5.01. The van der Waals surface area contributed by atoms with Gasteiger partial charge in [0.15, 0.2) is 0 Å². The van der Waals surface area contributed by atoms with Crippen LogP contribution in [0.15, 0.2) is 0 Å². The zero-order valence-electron chi connectivity index (χ0n) is 25.4. The van der Waals surface area contributed by atoms with Crippen LogP contribution in [0.3, 0.4) is 0 Å². The van der Waals surface area contributed by atoms with Crippen molar-refractivity contribution >= 4 is 41.4 Å². The number of hydrogen-bond acceptors (Lipinski definition) is 10. The number of carbonyl (C=O) groups is 3. The van der Waals surface area contributed by atoms with Crippen LogP contribution in [0.4, 0.5) is 0 Å². The summed E-state index contributed by atoms with van der Waals surface area (Å²) >= 11 is 3.38. The molecule has 0 aromatic rings. The van der Waals surface area contributed by atoms with Gasteiger partial charge in [-0.25, -0.2) is 0 Å². The Morgan fingerprint density at radius 2 is 0.878 bits per heavy atom. The highest BCUT2D eigenvalue weighted by Crippen LogP contribution is 2.13. The highest BCUT2D eigenvalue weighted by atomic mass is 32.2. The molecule has 0 aromatic heterocycles. The minimum atomic E-state index is -0.798. The standard InChI is InChI=1S/C30H56O9S2/c1-2-3-4-5-6-7-8-9-10-11-24-40-26-14-29(33)38-22-20-36-18-16-35-17-19-37-21-23-39-30(34)15-27-41-25-12-13-28(31)32/h2-27H2,1H3,(H,31,32). The average molecular weight is 625 g/mol. The molecule has 11 heteroatoms. The minimum absolute atomic E-state index is 0.154. The summed E-state index contributed by atoms with van der Waals surface area (Å²) in [5, 5.41) is 8.56. The number of carboxylic acid groups (broad SMARTS) is 1. The van der Waals surface area contributed by atoms with Crippen LogP contribution in [0.5, 0.6) is 0 Å². The molecule has 0 saturated heterocycles. The van der Waals surface area contributed by atoms with Gasteiger partial charge in [-0.05, 0) is 24.3 Å². The molecule has 0 bridgehead atoms. The Bertz CT molecular complexity index is 609. The second kappa shape index (κ2) is 33.5. The molecule has 0 aliphatic carbocycles. The first-order valence-electron chi connectivity index (χ1n) is 15.5. The van der Waals surface area contributed by atoms with Crippen molar-refractivity contribution in [2.24, 2.45) is 0 Å². The number of thioether (sulfide) groups is 2. The molecule has 0 unspecified atom stereocenters. The second-order valence-corrected chi connectivity index (χ2v) is 12.1. The Labute approximate surface area is 256 Å². The largest absolute Gasteiger partial charge is 0.481 e. The molecule has 0 spiro atoms. The van der Waals surface area contributed by atoms with Crippen molar-refractivity contribution in [2.45, 2.75) is 96.8 Å². The lowest BCUT2D eigenvalue weighted by atomic mass is 10.1. The Morgan fingerprint density at radius 1 is 0.488 bits per heavy atom. The molecule has 0 fully saturated rings. The van der Waals surface area contributed by atoms with Gasteiger partial charge in [-0.2, -0.15) is 23.5 Å². The summed E-state index contributed by atoms with van der Waals surface area (Å²) in [6, 6.07) is 0. The van der Waals surface area contributed by atoms with Crippen LogP contribution in [0.1, 0.15) is 96.8 Å². The highest BCUT2D eigenvalue weighted by molar-refractivity contribution is 7.99. The van der Waals surface area contributed by atoms with Crippen molar-refractivity contribution < 1.29 is 43.2 Å². The predicted octanol–water partition coefficient (Wildman–Crippen LogP) is 6.15. The van der Waals surface area contributed by atoms with Crippen LogP contribution in [0.25, 0.3) is 0 Å². The van der Waals surface area contributed by atoms with E-state index in [0.717, 1.165) is 17.3 Å². The van der Waals surface area contributed by atoms with Crippen molar-refractivity contribution in [1.82, 2.24) is 0 Å². The average Bonchev–Trinajstić information content (AvgIpc) is 2.95. The maximum absolute atomic E-state index is 11.8. The first kappa shape index (κ1) is 40.0. The van der Waals surface area contributed by atoms with Crippen molar-refractivity contribution in [1.29, 1.82) is 0 Å². The first-order chi connectivity index (χ1) is 20.1. The summed E-state index contributed by atoms with van der Waals surface area (Å²) in [4.78, 5) is 33.8. The van der Waals surface area contributed by atoms with Crippen LogP contribution < -0.4 is 0 Å². The normalized spacial score (nSPS) is 11.0. The van der Waals surface area contributed by atoms with E-state index in [1.165, 1.54) is 64.2 Å². The number of unbranched alkanes of at least 4 members (excludes halogenated alkanes) is 9. The van der Waals surface area contributed by atoms with Crippen molar-refractivity contribution in [2.75, 3.05) is 75.9 Å². The fourth-order valence-corrected chi connectivity index (χ4v) is 5.43. The van der Waals surface area contributed by atoms with E-state index in [2.05, 4.69) is 6.92 Å². The summed E-state index contributed by atoms with van der Waals surface area (Å²) < 4.78 is 26.5. The first-order valence-corrected chi connectivity index (χ1v) is 17.8. The van der Waals surface area contributed by atoms with E-state index < -0.39 is 5.97 Å². The molecule has 242 valence electrons. The van der Waals surface area contributed by atoms with Gasteiger partial charge in [-0.1, -0.05) is 64.7 Å². The zero-order chi connectivity index (χ0) is 30.1. The van der Waals surface area contributed by atoms with Gasteiger partial charge in [0.25, 0.3) is 0 Å². The van der Waals surface area contributed by atoms with Crippen molar-refractivity contribution in [3.8, 4) is 0 Å². The van der Waals surface area contributed by atoms with Crippen LogP contribution in [0, 0.1) is 0 Å². The number of carboxylic acids is 1. The molecular formula is C30H56O9S2. The second-order valence-electron chi connectivity index (χ2n) is 9.68. The lowest BCUT2D eigenvalue weighted by molar-refractivity contribution is -0.145. The fraction of sp³-hybridized carbons (Fsp3) is 0.900. The summed E-state index contributed by atoms with van der Waals surface area (Å²) in [6.07, 6.45) is 14.9. The Balaban J connectivity index is 3.22. The molecule has 0 radical (unpaired) electrons. The van der Waals surface area contributed by atoms with E-state index in [9.17, 15) is 14.4 Å². The minimum Gasteiger partial charge on any atom is -0.481 e. The number of hydrogen-bond donors (Lipinski definition) is 1. The van der Waals surface area contributed by atoms with Gasteiger partial charge in [0.05, 0.1) is 52.5 Å². The van der Waals surface area contributed by atoms with Gasteiger partial charge >= 0.3 is 17.9 Å². The number of ether oxygens (including phenoxy) is 5. The number of carbonyl (C=O) groups excluding carboxylic acids is 2. The predicted molar refractivity (Wildman–Crippen MR) is 167 cm³/mol. The molecule has 0 amide bonds. The van der Waals surface area contributed by atoms with Gasteiger partial charge in [0, 0.05) is 17.9 Å². The highest BCUT2D eigenvalue weighted by Gasteiger charge is 2.04. The van der Waals surface area contributed by atoms with Gasteiger partial charge in [-0.3, -0.25) is 14.4 Å². The van der Waals surface area contributed by atoms with Crippen LogP contribution >= 0.6 is 23.5 Å². The van der Waals surface area contributed by atoms with E-state index in [4.69, 9.17) is 28.8 Å². The Morgan fingerprint density at radius 3 is 1.32 bits per heavy atom. The molecule has 0 aromatic carbocycles. The maximum atomic E-state index is 11.8. The zero-order valence-corrected chi connectivity index (χ0v) is 27.0. The topological polar surface area (TPSA) is 118 Å². The van der Waals surface area contributed by atoms with E-state index in [1.54, 1.807) is 11.8 Å².